The number of aliphatic hydroxyl groups excluding tert-OH is 1. The van der Waals surface area contributed by atoms with Gasteiger partial charge in [-0.2, -0.15) is 0 Å². The summed E-state index contributed by atoms with van der Waals surface area (Å²) < 4.78 is 2.11. The zero-order valence-corrected chi connectivity index (χ0v) is 15.1. The molecule has 2 heterocycles. The molecule has 0 radical (unpaired) electrons. The molecule has 2 aromatic carbocycles. The summed E-state index contributed by atoms with van der Waals surface area (Å²) in [6.45, 7) is 4.18. The fourth-order valence-corrected chi connectivity index (χ4v) is 3.44. The molecule has 1 unspecified atom stereocenters. The molecule has 1 atom stereocenters. The monoisotopic (exact) mass is 342 g/mol. The van der Waals surface area contributed by atoms with Gasteiger partial charge in [0.2, 0.25) is 0 Å². The second-order valence-corrected chi connectivity index (χ2v) is 6.60. The van der Waals surface area contributed by atoms with E-state index in [1.54, 1.807) is 0 Å². The molecule has 26 heavy (non-hydrogen) atoms. The Morgan fingerprint density at radius 2 is 1.69 bits per heavy atom. The van der Waals surface area contributed by atoms with Crippen molar-refractivity contribution < 1.29 is 5.11 Å². The third kappa shape index (κ3) is 2.80. The summed E-state index contributed by atoms with van der Waals surface area (Å²) in [6.07, 6.45) is 2.20. The Morgan fingerprint density at radius 3 is 2.38 bits per heavy atom. The molecule has 0 saturated carbocycles. The molecule has 0 aliphatic heterocycles. The molecular weight excluding hydrogens is 320 g/mol. The Morgan fingerprint density at radius 1 is 0.962 bits per heavy atom. The summed E-state index contributed by atoms with van der Waals surface area (Å²) in [5.41, 5.74) is 6.94. The van der Waals surface area contributed by atoms with Crippen molar-refractivity contribution >= 4 is 5.65 Å². The summed E-state index contributed by atoms with van der Waals surface area (Å²) in [7, 11) is 0. The minimum atomic E-state index is -0.699. The van der Waals surface area contributed by atoms with Gasteiger partial charge in [0.05, 0.1) is 11.4 Å². The maximum atomic E-state index is 11.0. The molecular formula is C23H22N2O. The fraction of sp³-hybridized carbons (Fsp3) is 0.174. The molecule has 0 bridgehead atoms. The minimum Gasteiger partial charge on any atom is -0.384 e. The highest BCUT2D eigenvalue weighted by atomic mass is 16.3. The van der Waals surface area contributed by atoms with Gasteiger partial charge in [0, 0.05) is 17.3 Å². The minimum absolute atomic E-state index is 0.699. The molecule has 4 aromatic rings. The van der Waals surface area contributed by atoms with Crippen LogP contribution in [-0.4, -0.2) is 14.5 Å². The lowest BCUT2D eigenvalue weighted by molar-refractivity contribution is 0.221. The molecule has 0 fully saturated rings. The Labute approximate surface area is 153 Å². The largest absolute Gasteiger partial charge is 0.384 e. The first-order valence-corrected chi connectivity index (χ1v) is 8.99. The number of pyridine rings is 1. The summed E-state index contributed by atoms with van der Waals surface area (Å²) in [4.78, 5) is 4.92. The molecule has 2 aromatic heterocycles. The molecule has 1 N–H and O–H groups in total. The van der Waals surface area contributed by atoms with Crippen LogP contribution in [-0.2, 0) is 6.42 Å². The van der Waals surface area contributed by atoms with Crippen molar-refractivity contribution in [2.45, 2.75) is 26.4 Å². The molecule has 3 nitrogen and oxygen atoms in total. The van der Waals surface area contributed by atoms with Crippen molar-refractivity contribution in [2.75, 3.05) is 0 Å². The molecule has 0 amide bonds. The molecule has 0 spiro atoms. The van der Waals surface area contributed by atoms with Crippen LogP contribution in [0.4, 0.5) is 0 Å². The van der Waals surface area contributed by atoms with Gasteiger partial charge >= 0.3 is 0 Å². The number of aryl methyl sites for hydroxylation is 2. The van der Waals surface area contributed by atoms with E-state index in [2.05, 4.69) is 23.5 Å². The lowest BCUT2D eigenvalue weighted by atomic mass is 10.0. The molecule has 0 aliphatic carbocycles. The van der Waals surface area contributed by atoms with Gasteiger partial charge in [-0.15, -0.1) is 0 Å². The summed E-state index contributed by atoms with van der Waals surface area (Å²) in [5.74, 6) is 0. The predicted octanol–water partition coefficient (Wildman–Crippen LogP) is 4.95. The van der Waals surface area contributed by atoms with E-state index < -0.39 is 6.10 Å². The van der Waals surface area contributed by atoms with Crippen LogP contribution in [0.1, 0.15) is 35.4 Å². The topological polar surface area (TPSA) is 37.5 Å². The maximum absolute atomic E-state index is 11.0. The Balaban J connectivity index is 1.89. The normalized spacial score (nSPS) is 12.4. The van der Waals surface area contributed by atoms with Gasteiger partial charge in [-0.25, -0.2) is 4.98 Å². The van der Waals surface area contributed by atoms with Gasteiger partial charge in [-0.3, -0.25) is 0 Å². The Kier molecular flexibility index (Phi) is 4.31. The lowest BCUT2D eigenvalue weighted by Crippen LogP contribution is -2.03. The first kappa shape index (κ1) is 16.6. The van der Waals surface area contributed by atoms with E-state index in [-0.39, 0.29) is 0 Å². The van der Waals surface area contributed by atoms with Gasteiger partial charge in [0.15, 0.2) is 0 Å². The number of benzene rings is 2. The van der Waals surface area contributed by atoms with Crippen molar-refractivity contribution in [1.29, 1.82) is 0 Å². The fourth-order valence-electron chi connectivity index (χ4n) is 3.44. The highest BCUT2D eigenvalue weighted by molar-refractivity contribution is 5.68. The number of hydrogen-bond donors (Lipinski definition) is 1. The third-order valence-corrected chi connectivity index (χ3v) is 4.85. The molecule has 3 heteroatoms. The van der Waals surface area contributed by atoms with Crippen LogP contribution < -0.4 is 0 Å². The Bertz CT molecular complexity index is 1030. The van der Waals surface area contributed by atoms with E-state index in [1.165, 1.54) is 5.56 Å². The highest BCUT2D eigenvalue weighted by Crippen LogP contribution is 2.30. The number of fused-ring (bicyclic) bond motifs is 1. The number of aromatic nitrogens is 2. The number of nitrogens with zero attached hydrogens (tertiary/aromatic N) is 2. The van der Waals surface area contributed by atoms with E-state index in [0.717, 1.165) is 40.1 Å². The van der Waals surface area contributed by atoms with E-state index in [0.29, 0.717) is 0 Å². The van der Waals surface area contributed by atoms with E-state index in [1.807, 2.05) is 67.7 Å². The molecule has 4 rings (SSSR count). The van der Waals surface area contributed by atoms with Crippen LogP contribution in [0.15, 0.2) is 72.9 Å². The van der Waals surface area contributed by atoms with Gasteiger partial charge in [-0.1, -0.05) is 73.2 Å². The lowest BCUT2D eigenvalue weighted by Gasteiger charge is -2.13. The maximum Gasteiger partial charge on any atom is 0.143 e. The number of hydrogen-bond acceptors (Lipinski definition) is 2. The first-order valence-electron chi connectivity index (χ1n) is 8.99. The Hall–Kier alpha value is -2.91. The average molecular weight is 342 g/mol. The van der Waals surface area contributed by atoms with Gasteiger partial charge < -0.3 is 9.51 Å². The summed E-state index contributed by atoms with van der Waals surface area (Å²) in [6, 6.07) is 22.2. The quantitative estimate of drug-likeness (QED) is 0.569. The second kappa shape index (κ2) is 6.77. The standard InChI is InChI=1S/C23H22N2O/c1-3-20-21(17-8-5-4-6-9-17)24-23-19(10-7-15-25(20)23)22(26)18-13-11-16(2)12-14-18/h4-15,22,26H,3H2,1-2H3. The average Bonchev–Trinajstić information content (AvgIpc) is 3.07. The number of rotatable bonds is 4. The highest BCUT2D eigenvalue weighted by Gasteiger charge is 2.19. The first-order chi connectivity index (χ1) is 12.7. The van der Waals surface area contributed by atoms with E-state index in [4.69, 9.17) is 4.98 Å². The smallest absolute Gasteiger partial charge is 0.143 e. The molecule has 0 saturated heterocycles. The van der Waals surface area contributed by atoms with E-state index in [9.17, 15) is 5.11 Å². The van der Waals surface area contributed by atoms with Crippen LogP contribution in [0.25, 0.3) is 16.9 Å². The van der Waals surface area contributed by atoms with Crippen molar-refractivity contribution in [1.82, 2.24) is 9.38 Å². The summed E-state index contributed by atoms with van der Waals surface area (Å²) >= 11 is 0. The second-order valence-electron chi connectivity index (χ2n) is 6.60. The van der Waals surface area contributed by atoms with Crippen molar-refractivity contribution in [3.63, 3.8) is 0 Å². The van der Waals surface area contributed by atoms with Crippen molar-refractivity contribution in [3.05, 3.63) is 95.3 Å². The van der Waals surface area contributed by atoms with Crippen LogP contribution >= 0.6 is 0 Å². The van der Waals surface area contributed by atoms with E-state index >= 15 is 0 Å². The SMILES string of the molecule is CCc1c(-c2ccccc2)nc2c(C(O)c3ccc(C)cc3)cccn12. The van der Waals surface area contributed by atoms with Gasteiger partial charge in [-0.05, 0) is 25.0 Å². The zero-order chi connectivity index (χ0) is 18.1. The van der Waals surface area contributed by atoms with Crippen LogP contribution in [0.5, 0.6) is 0 Å². The van der Waals surface area contributed by atoms with Crippen LogP contribution in [0.3, 0.4) is 0 Å². The summed E-state index contributed by atoms with van der Waals surface area (Å²) in [5, 5.41) is 11.0. The molecule has 130 valence electrons. The number of imidazole rings is 1. The van der Waals surface area contributed by atoms with Gasteiger partial charge in [0.1, 0.15) is 11.8 Å². The van der Waals surface area contributed by atoms with Crippen molar-refractivity contribution in [3.8, 4) is 11.3 Å². The number of aliphatic hydroxyl groups is 1. The molecule has 0 aliphatic rings. The third-order valence-electron chi connectivity index (χ3n) is 4.85. The predicted molar refractivity (Wildman–Crippen MR) is 105 cm³/mol. The van der Waals surface area contributed by atoms with Crippen LogP contribution in [0.2, 0.25) is 0 Å². The van der Waals surface area contributed by atoms with Crippen LogP contribution in [0, 0.1) is 6.92 Å². The zero-order valence-electron chi connectivity index (χ0n) is 15.1. The van der Waals surface area contributed by atoms with Crippen molar-refractivity contribution in [2.24, 2.45) is 0 Å². The van der Waals surface area contributed by atoms with Gasteiger partial charge in [0.25, 0.3) is 0 Å².